The van der Waals surface area contributed by atoms with Gasteiger partial charge in [0.25, 0.3) is 5.69 Å². The van der Waals surface area contributed by atoms with Gasteiger partial charge in [-0.15, -0.1) is 0 Å². The first-order valence-corrected chi connectivity index (χ1v) is 8.57. The van der Waals surface area contributed by atoms with Crippen LogP contribution in [0, 0.1) is 10.1 Å². The molecule has 0 aliphatic carbocycles. The molecule has 0 radical (unpaired) electrons. The summed E-state index contributed by atoms with van der Waals surface area (Å²) in [6.07, 6.45) is 1.53. The molecule has 0 saturated heterocycles. The standard InChI is InChI=1S/C18H13N3O4S/c1-19-13-7-10(12(21(24)25)9-14(13)20(2)18(19)23)8-16-17(22)11-5-3-4-6-15(11)26-16/h3-9H,1-2H3/b16-8+. The largest absolute Gasteiger partial charge is 0.328 e. The van der Waals surface area contributed by atoms with Gasteiger partial charge >= 0.3 is 5.69 Å². The Hall–Kier alpha value is -3.13. The number of ketones is 1. The van der Waals surface area contributed by atoms with Crippen molar-refractivity contribution in [3.05, 3.63) is 73.0 Å². The minimum Gasteiger partial charge on any atom is -0.295 e. The van der Waals surface area contributed by atoms with Crippen molar-refractivity contribution in [2.45, 2.75) is 4.90 Å². The molecule has 130 valence electrons. The van der Waals surface area contributed by atoms with Crippen molar-refractivity contribution in [1.82, 2.24) is 9.13 Å². The van der Waals surface area contributed by atoms with E-state index in [1.54, 1.807) is 32.3 Å². The molecule has 0 unspecified atom stereocenters. The first kappa shape index (κ1) is 16.3. The van der Waals surface area contributed by atoms with Crippen molar-refractivity contribution in [3.8, 4) is 0 Å². The monoisotopic (exact) mass is 367 g/mol. The number of Topliss-reactive ketones (excluding diaryl/α,β-unsaturated/α-hetero) is 1. The number of hydrogen-bond donors (Lipinski definition) is 0. The lowest BCUT2D eigenvalue weighted by Gasteiger charge is -2.02. The van der Waals surface area contributed by atoms with Gasteiger partial charge in [0, 0.05) is 30.6 Å². The van der Waals surface area contributed by atoms with E-state index < -0.39 is 4.92 Å². The Bertz CT molecular complexity index is 1200. The molecule has 4 rings (SSSR count). The van der Waals surface area contributed by atoms with Crippen LogP contribution in [-0.2, 0) is 14.1 Å². The van der Waals surface area contributed by atoms with Crippen LogP contribution in [0.25, 0.3) is 17.1 Å². The fraction of sp³-hybridized carbons (Fsp3) is 0.111. The average Bonchev–Trinajstić information content (AvgIpc) is 3.05. The SMILES string of the molecule is Cn1c(=O)n(C)c2cc([N+](=O)[O-])c(/C=C3/Sc4ccccc4C3=O)cc21. The van der Waals surface area contributed by atoms with Crippen molar-refractivity contribution >= 4 is 40.3 Å². The quantitative estimate of drug-likeness (QED) is 0.395. The highest BCUT2D eigenvalue weighted by molar-refractivity contribution is 8.04. The van der Waals surface area contributed by atoms with Gasteiger partial charge in [0.2, 0.25) is 5.78 Å². The maximum Gasteiger partial charge on any atom is 0.328 e. The van der Waals surface area contributed by atoms with E-state index in [-0.39, 0.29) is 17.2 Å². The fourth-order valence-corrected chi connectivity index (χ4v) is 4.14. The second-order valence-electron chi connectivity index (χ2n) is 5.99. The van der Waals surface area contributed by atoms with E-state index >= 15 is 0 Å². The van der Waals surface area contributed by atoms with Gasteiger partial charge in [-0.05, 0) is 24.3 Å². The molecule has 0 bridgehead atoms. The van der Waals surface area contributed by atoms with E-state index in [2.05, 4.69) is 0 Å². The van der Waals surface area contributed by atoms with Gasteiger partial charge in [0.1, 0.15) is 0 Å². The van der Waals surface area contributed by atoms with Crippen molar-refractivity contribution in [1.29, 1.82) is 0 Å². The van der Waals surface area contributed by atoms with Crippen molar-refractivity contribution < 1.29 is 9.72 Å². The third-order valence-electron chi connectivity index (χ3n) is 4.48. The molecule has 0 saturated carbocycles. The Balaban J connectivity index is 1.93. The number of nitrogens with zero attached hydrogens (tertiary/aromatic N) is 3. The lowest BCUT2D eigenvalue weighted by Crippen LogP contribution is -2.19. The fourth-order valence-electron chi connectivity index (χ4n) is 3.10. The first-order chi connectivity index (χ1) is 12.4. The van der Waals surface area contributed by atoms with Gasteiger partial charge in [-0.1, -0.05) is 23.9 Å². The van der Waals surface area contributed by atoms with E-state index in [0.29, 0.717) is 27.1 Å². The van der Waals surface area contributed by atoms with Gasteiger partial charge < -0.3 is 0 Å². The summed E-state index contributed by atoms with van der Waals surface area (Å²) in [5.41, 5.74) is 1.53. The highest BCUT2D eigenvalue weighted by Crippen LogP contribution is 2.41. The highest BCUT2D eigenvalue weighted by atomic mass is 32.2. The molecule has 0 atom stereocenters. The van der Waals surface area contributed by atoms with Crippen LogP contribution in [0.1, 0.15) is 15.9 Å². The van der Waals surface area contributed by atoms with Crippen LogP contribution in [0.3, 0.4) is 0 Å². The lowest BCUT2D eigenvalue weighted by molar-refractivity contribution is -0.385. The summed E-state index contributed by atoms with van der Waals surface area (Å²) in [5.74, 6) is -0.151. The molecule has 2 heterocycles. The van der Waals surface area contributed by atoms with Crippen molar-refractivity contribution in [3.63, 3.8) is 0 Å². The van der Waals surface area contributed by atoms with Crippen LogP contribution < -0.4 is 5.69 Å². The van der Waals surface area contributed by atoms with Crippen LogP contribution in [0.5, 0.6) is 0 Å². The van der Waals surface area contributed by atoms with Crippen LogP contribution in [0.4, 0.5) is 5.69 Å². The molecule has 0 amide bonds. The number of hydrogen-bond acceptors (Lipinski definition) is 5. The molecule has 2 aromatic carbocycles. The Morgan fingerprint density at radius 2 is 1.73 bits per heavy atom. The molecule has 1 aliphatic heterocycles. The Morgan fingerprint density at radius 1 is 1.08 bits per heavy atom. The van der Waals surface area contributed by atoms with E-state index in [1.807, 2.05) is 12.1 Å². The van der Waals surface area contributed by atoms with Crippen LogP contribution in [0.2, 0.25) is 0 Å². The zero-order valence-corrected chi connectivity index (χ0v) is 14.7. The number of rotatable bonds is 2. The lowest BCUT2D eigenvalue weighted by atomic mass is 10.1. The number of benzene rings is 2. The number of aromatic nitrogens is 2. The normalized spacial score (nSPS) is 15.0. The minimum atomic E-state index is -0.499. The van der Waals surface area contributed by atoms with E-state index in [1.165, 1.54) is 33.0 Å². The zero-order valence-electron chi connectivity index (χ0n) is 13.9. The number of carbonyl (C=O) groups is 1. The molecular weight excluding hydrogens is 354 g/mol. The Labute approximate surface area is 151 Å². The Kier molecular flexibility index (Phi) is 3.58. The van der Waals surface area contributed by atoms with Gasteiger partial charge in [0.15, 0.2) is 0 Å². The predicted octanol–water partition coefficient (Wildman–Crippen LogP) is 3.11. The molecule has 3 aromatic rings. The molecule has 26 heavy (non-hydrogen) atoms. The van der Waals surface area contributed by atoms with Crippen molar-refractivity contribution in [2.75, 3.05) is 0 Å². The maximum absolute atomic E-state index is 12.6. The highest BCUT2D eigenvalue weighted by Gasteiger charge is 2.27. The summed E-state index contributed by atoms with van der Waals surface area (Å²) in [5, 5.41) is 11.5. The summed E-state index contributed by atoms with van der Waals surface area (Å²) in [6, 6.07) is 10.2. The van der Waals surface area contributed by atoms with Crippen molar-refractivity contribution in [2.24, 2.45) is 14.1 Å². The molecule has 0 spiro atoms. The van der Waals surface area contributed by atoms with Gasteiger partial charge in [0.05, 0.1) is 26.4 Å². The smallest absolute Gasteiger partial charge is 0.295 e. The number of allylic oxidation sites excluding steroid dienone is 1. The summed E-state index contributed by atoms with van der Waals surface area (Å²) >= 11 is 1.29. The van der Waals surface area contributed by atoms with Gasteiger partial charge in [-0.2, -0.15) is 0 Å². The number of carbonyl (C=O) groups excluding carboxylic acids is 1. The topological polar surface area (TPSA) is 87.1 Å². The molecule has 0 N–H and O–H groups in total. The maximum atomic E-state index is 12.6. The molecule has 1 aliphatic rings. The predicted molar refractivity (Wildman–Crippen MR) is 99.4 cm³/mol. The van der Waals surface area contributed by atoms with E-state index in [0.717, 1.165) is 4.90 Å². The summed E-state index contributed by atoms with van der Waals surface area (Å²) in [7, 11) is 3.18. The summed E-state index contributed by atoms with van der Waals surface area (Å²) in [4.78, 5) is 37.0. The first-order valence-electron chi connectivity index (χ1n) is 7.75. The number of fused-ring (bicyclic) bond motifs is 2. The minimum absolute atomic E-state index is 0.143. The summed E-state index contributed by atoms with van der Waals surface area (Å²) in [6.45, 7) is 0. The summed E-state index contributed by atoms with van der Waals surface area (Å²) < 4.78 is 2.80. The third kappa shape index (κ3) is 2.30. The second-order valence-corrected chi connectivity index (χ2v) is 7.08. The molecule has 7 nitrogen and oxygen atoms in total. The number of nitro groups is 1. The van der Waals surface area contributed by atoms with Gasteiger partial charge in [-0.3, -0.25) is 24.0 Å². The number of imidazole rings is 1. The number of aryl methyl sites for hydroxylation is 2. The van der Waals surface area contributed by atoms with E-state index in [4.69, 9.17) is 0 Å². The second kappa shape index (κ2) is 5.70. The van der Waals surface area contributed by atoms with Crippen LogP contribution in [-0.4, -0.2) is 19.8 Å². The van der Waals surface area contributed by atoms with Gasteiger partial charge in [-0.25, -0.2) is 4.79 Å². The molecule has 1 aromatic heterocycles. The van der Waals surface area contributed by atoms with Crippen LogP contribution in [0.15, 0.2) is 51.0 Å². The molecule has 8 heteroatoms. The molecule has 0 fully saturated rings. The average molecular weight is 367 g/mol. The zero-order chi connectivity index (χ0) is 18.6. The Morgan fingerprint density at radius 3 is 2.38 bits per heavy atom. The number of nitro benzene ring substituents is 1. The number of thioether (sulfide) groups is 1. The van der Waals surface area contributed by atoms with Crippen LogP contribution >= 0.6 is 11.8 Å². The van der Waals surface area contributed by atoms with E-state index in [9.17, 15) is 19.7 Å². The molecular formula is C18H13N3O4S. The third-order valence-corrected chi connectivity index (χ3v) is 5.58.